The van der Waals surface area contributed by atoms with Crippen LogP contribution in [0.25, 0.3) is 33.5 Å². The Morgan fingerprint density at radius 1 is 0.923 bits per heavy atom. The average molecular weight is 520 g/mol. The maximum atomic E-state index is 14.0. The zero-order valence-electron chi connectivity index (χ0n) is 21.7. The molecule has 2 heterocycles. The fraction of sp³-hybridized carbons (Fsp3) is 0.250. The van der Waals surface area contributed by atoms with Gasteiger partial charge in [-0.1, -0.05) is 67.4 Å². The normalized spacial score (nSPS) is 13.7. The molecule has 0 unspecified atom stereocenters. The second-order valence-corrected chi connectivity index (χ2v) is 10.1. The summed E-state index contributed by atoms with van der Waals surface area (Å²) in [6.07, 6.45) is 8.11. The van der Waals surface area contributed by atoms with Crippen LogP contribution in [0.1, 0.15) is 31.2 Å². The molecule has 0 atom stereocenters. The van der Waals surface area contributed by atoms with Gasteiger partial charge in [-0.15, -0.1) is 0 Å². The number of benzene rings is 3. The molecular weight excluding hydrogens is 489 g/mol. The van der Waals surface area contributed by atoms with E-state index in [1.165, 1.54) is 12.1 Å². The first-order valence-electron chi connectivity index (χ1n) is 13.5. The van der Waals surface area contributed by atoms with E-state index in [1.807, 2.05) is 35.0 Å². The van der Waals surface area contributed by atoms with E-state index >= 15 is 0 Å². The summed E-state index contributed by atoms with van der Waals surface area (Å²) < 4.78 is 15.8. The van der Waals surface area contributed by atoms with E-state index in [2.05, 4.69) is 34.1 Å². The smallest absolute Gasteiger partial charge is 0.227 e. The number of carbonyl (C=O) groups excluding carboxylic acids is 1. The van der Waals surface area contributed by atoms with Gasteiger partial charge in [0.2, 0.25) is 5.91 Å². The second-order valence-electron chi connectivity index (χ2n) is 10.1. The van der Waals surface area contributed by atoms with Crippen molar-refractivity contribution >= 4 is 16.7 Å². The maximum absolute atomic E-state index is 14.0. The van der Waals surface area contributed by atoms with Crippen molar-refractivity contribution in [3.05, 3.63) is 103 Å². The molecule has 6 nitrogen and oxygen atoms in total. The van der Waals surface area contributed by atoms with Crippen LogP contribution in [0.3, 0.4) is 0 Å². The van der Waals surface area contributed by atoms with Crippen molar-refractivity contribution in [2.45, 2.75) is 44.7 Å². The first-order chi connectivity index (χ1) is 19.2. The molecule has 1 saturated carbocycles. The number of halogens is 1. The van der Waals surface area contributed by atoms with E-state index in [4.69, 9.17) is 10.1 Å². The number of fused-ring (bicyclic) bond motifs is 1. The molecule has 0 radical (unpaired) electrons. The van der Waals surface area contributed by atoms with Crippen molar-refractivity contribution in [2.75, 3.05) is 6.54 Å². The Bertz CT molecular complexity index is 1590. The van der Waals surface area contributed by atoms with Crippen LogP contribution in [-0.2, 0) is 17.8 Å². The van der Waals surface area contributed by atoms with E-state index < -0.39 is 0 Å². The molecule has 0 bridgehead atoms. The molecule has 3 aromatic carbocycles. The monoisotopic (exact) mass is 519 g/mol. The van der Waals surface area contributed by atoms with Gasteiger partial charge in [0.05, 0.1) is 13.0 Å². The van der Waals surface area contributed by atoms with Crippen LogP contribution in [0.15, 0.2) is 91.3 Å². The summed E-state index contributed by atoms with van der Waals surface area (Å²) >= 11 is 0. The molecule has 6 rings (SSSR count). The van der Waals surface area contributed by atoms with Gasteiger partial charge in [-0.05, 0) is 53.4 Å². The van der Waals surface area contributed by atoms with Gasteiger partial charge >= 0.3 is 0 Å². The van der Waals surface area contributed by atoms with Crippen LogP contribution in [0.4, 0.5) is 4.39 Å². The topological polar surface area (TPSA) is 63.9 Å². The number of nitrogens with zero attached hydrogens (tertiary/aromatic N) is 5. The maximum Gasteiger partial charge on any atom is 0.227 e. The summed E-state index contributed by atoms with van der Waals surface area (Å²) in [5.41, 5.74) is 2.53. The summed E-state index contributed by atoms with van der Waals surface area (Å²) in [5.74, 6) is 0.926. The molecule has 1 aliphatic rings. The molecule has 0 N–H and O–H groups in total. The van der Waals surface area contributed by atoms with Crippen molar-refractivity contribution in [3.63, 3.8) is 0 Å². The van der Waals surface area contributed by atoms with Crippen molar-refractivity contribution in [1.29, 1.82) is 0 Å². The Kier molecular flexibility index (Phi) is 7.13. The molecule has 0 saturated heterocycles. The third kappa shape index (κ3) is 5.43. The highest BCUT2D eigenvalue weighted by atomic mass is 19.1. The zero-order chi connectivity index (χ0) is 26.6. The molecule has 1 aliphatic carbocycles. The van der Waals surface area contributed by atoms with E-state index in [9.17, 15) is 9.18 Å². The minimum Gasteiger partial charge on any atom is -0.338 e. The van der Waals surface area contributed by atoms with Gasteiger partial charge < -0.3 is 4.90 Å². The summed E-state index contributed by atoms with van der Waals surface area (Å²) in [6, 6.07) is 24.7. The molecule has 7 heteroatoms. The van der Waals surface area contributed by atoms with Crippen LogP contribution in [-0.4, -0.2) is 43.1 Å². The van der Waals surface area contributed by atoms with Gasteiger partial charge in [0.25, 0.3) is 0 Å². The Morgan fingerprint density at radius 3 is 2.51 bits per heavy atom. The summed E-state index contributed by atoms with van der Waals surface area (Å²) in [5, 5.41) is 7.03. The molecule has 196 valence electrons. The number of hydrogen-bond donors (Lipinski definition) is 0. The second kappa shape index (κ2) is 11.2. The van der Waals surface area contributed by atoms with Gasteiger partial charge in [-0.3, -0.25) is 9.78 Å². The van der Waals surface area contributed by atoms with Crippen molar-refractivity contribution in [2.24, 2.45) is 0 Å². The highest BCUT2D eigenvalue weighted by molar-refractivity contribution is 5.90. The lowest BCUT2D eigenvalue weighted by molar-refractivity contribution is -0.132. The molecule has 2 aromatic heterocycles. The first-order valence-corrected chi connectivity index (χ1v) is 13.5. The van der Waals surface area contributed by atoms with Crippen LogP contribution in [0.5, 0.6) is 0 Å². The van der Waals surface area contributed by atoms with E-state index in [0.717, 1.165) is 47.6 Å². The van der Waals surface area contributed by atoms with E-state index in [-0.39, 0.29) is 17.8 Å². The van der Waals surface area contributed by atoms with Crippen LogP contribution in [0.2, 0.25) is 0 Å². The molecule has 5 aromatic rings. The lowest BCUT2D eigenvalue weighted by atomic mass is 10.0. The number of amides is 1. The van der Waals surface area contributed by atoms with Gasteiger partial charge in [-0.25, -0.2) is 14.1 Å². The molecule has 1 fully saturated rings. The Morgan fingerprint density at radius 2 is 1.69 bits per heavy atom. The van der Waals surface area contributed by atoms with Crippen molar-refractivity contribution in [3.8, 4) is 22.8 Å². The molecule has 39 heavy (non-hydrogen) atoms. The van der Waals surface area contributed by atoms with Gasteiger partial charge in [0.15, 0.2) is 11.6 Å². The molecular formula is C32H30FN5O. The minimum atomic E-state index is -0.333. The fourth-order valence-electron chi connectivity index (χ4n) is 5.60. The number of aromatic nitrogens is 4. The standard InChI is InChI=1S/C32H30FN5O/c33-27-11-6-10-26(21-27)31-35-32(24-15-17-34-18-16-24)38(36-31)20-19-37(28-12-2-3-13-28)30(39)22-25-9-5-8-23-7-1-4-14-29(23)25/h1,4-11,14-18,21,28H,2-3,12-13,19-20,22H2. The lowest BCUT2D eigenvalue weighted by Crippen LogP contribution is -2.42. The third-order valence-corrected chi connectivity index (χ3v) is 7.55. The number of hydrogen-bond acceptors (Lipinski definition) is 4. The number of rotatable bonds is 8. The van der Waals surface area contributed by atoms with Crippen LogP contribution >= 0.6 is 0 Å². The first kappa shape index (κ1) is 24.9. The van der Waals surface area contributed by atoms with Crippen molar-refractivity contribution in [1.82, 2.24) is 24.6 Å². The van der Waals surface area contributed by atoms with Gasteiger partial charge in [0.1, 0.15) is 5.82 Å². The van der Waals surface area contributed by atoms with E-state index in [1.54, 1.807) is 24.5 Å². The fourth-order valence-corrected chi connectivity index (χ4v) is 5.60. The predicted molar refractivity (Wildman–Crippen MR) is 150 cm³/mol. The quantitative estimate of drug-likeness (QED) is 0.241. The van der Waals surface area contributed by atoms with Crippen molar-refractivity contribution < 1.29 is 9.18 Å². The number of pyridine rings is 1. The number of carbonyl (C=O) groups is 1. The molecule has 0 aliphatic heterocycles. The molecule has 0 spiro atoms. The van der Waals surface area contributed by atoms with Crippen LogP contribution in [0, 0.1) is 5.82 Å². The van der Waals surface area contributed by atoms with Crippen LogP contribution < -0.4 is 0 Å². The largest absolute Gasteiger partial charge is 0.338 e. The van der Waals surface area contributed by atoms with Gasteiger partial charge in [-0.2, -0.15) is 5.10 Å². The summed E-state index contributed by atoms with van der Waals surface area (Å²) in [4.78, 5) is 24.8. The Labute approximate surface area is 227 Å². The molecule has 1 amide bonds. The minimum absolute atomic E-state index is 0.134. The van der Waals surface area contributed by atoms with E-state index in [0.29, 0.717) is 36.7 Å². The van der Waals surface area contributed by atoms with Gasteiger partial charge in [0, 0.05) is 36.1 Å². The lowest BCUT2D eigenvalue weighted by Gasteiger charge is -2.29. The highest BCUT2D eigenvalue weighted by Crippen LogP contribution is 2.27. The third-order valence-electron chi connectivity index (χ3n) is 7.55. The summed E-state index contributed by atoms with van der Waals surface area (Å²) in [6.45, 7) is 1.01. The Balaban J connectivity index is 1.29. The average Bonchev–Trinajstić information content (AvgIpc) is 3.65. The highest BCUT2D eigenvalue weighted by Gasteiger charge is 2.27. The summed E-state index contributed by atoms with van der Waals surface area (Å²) in [7, 11) is 0. The Hall–Kier alpha value is -4.39. The zero-order valence-corrected chi connectivity index (χ0v) is 21.7. The predicted octanol–water partition coefficient (Wildman–Crippen LogP) is 6.31. The SMILES string of the molecule is O=C(Cc1cccc2ccccc12)N(CCn1nc(-c2cccc(F)c2)nc1-c1ccncc1)C1CCCC1.